The molecule has 0 atom stereocenters. The number of imide groups is 1. The average Bonchev–Trinajstić information content (AvgIpc) is 2.98. The summed E-state index contributed by atoms with van der Waals surface area (Å²) in [5.74, 6) is 1.63. The smallest absolute Gasteiger partial charge is 0.293 e. The molecule has 29 heavy (non-hydrogen) atoms. The van der Waals surface area contributed by atoms with E-state index in [0.29, 0.717) is 28.8 Å². The van der Waals surface area contributed by atoms with E-state index in [4.69, 9.17) is 14.2 Å². The number of hydrogen-bond acceptors (Lipinski definition) is 6. The monoisotopic (exact) mass is 525 g/mol. The summed E-state index contributed by atoms with van der Waals surface area (Å²) in [6.07, 6.45) is 1.70. The lowest BCUT2D eigenvalue weighted by Crippen LogP contribution is -2.32. The molecule has 2 amide bonds. The molecule has 0 N–H and O–H groups in total. The van der Waals surface area contributed by atoms with Crippen LogP contribution in [0.4, 0.5) is 4.79 Å². The second-order valence-electron chi connectivity index (χ2n) is 5.96. The van der Waals surface area contributed by atoms with Crippen LogP contribution < -0.4 is 14.2 Å². The Labute approximate surface area is 187 Å². The van der Waals surface area contributed by atoms with E-state index in [1.807, 2.05) is 43.3 Å². The molecule has 0 radical (unpaired) electrons. The van der Waals surface area contributed by atoms with Crippen molar-refractivity contribution in [1.29, 1.82) is 0 Å². The third-order valence-corrected chi connectivity index (χ3v) is 5.75. The van der Waals surface area contributed by atoms with Crippen LogP contribution in [0.5, 0.6) is 17.2 Å². The van der Waals surface area contributed by atoms with E-state index in [0.717, 1.165) is 20.9 Å². The van der Waals surface area contributed by atoms with Gasteiger partial charge in [0.05, 0.1) is 28.7 Å². The minimum Gasteiger partial charge on any atom is -0.493 e. The van der Waals surface area contributed by atoms with Crippen LogP contribution >= 0.6 is 34.4 Å². The number of amides is 2. The molecule has 2 aromatic rings. The first-order valence-corrected chi connectivity index (χ1v) is 10.9. The van der Waals surface area contributed by atoms with Crippen molar-refractivity contribution in [2.24, 2.45) is 0 Å². The highest BCUT2D eigenvalue weighted by Gasteiger charge is 2.34. The van der Waals surface area contributed by atoms with Crippen LogP contribution in [0.1, 0.15) is 12.5 Å². The molecule has 0 spiro atoms. The van der Waals surface area contributed by atoms with Crippen LogP contribution in [0.15, 0.2) is 47.4 Å². The Morgan fingerprint density at radius 1 is 1.14 bits per heavy atom. The molecular weight excluding hydrogens is 505 g/mol. The van der Waals surface area contributed by atoms with Crippen molar-refractivity contribution in [2.75, 3.05) is 26.9 Å². The Hall–Kier alpha value is -2.20. The molecule has 152 valence electrons. The molecule has 1 aliphatic rings. The minimum atomic E-state index is -0.320. The second kappa shape index (κ2) is 10.0. The first-order chi connectivity index (χ1) is 14.0. The first-order valence-electron chi connectivity index (χ1n) is 8.97. The number of methoxy groups -OCH3 is 1. The van der Waals surface area contributed by atoms with Crippen molar-refractivity contribution in [3.05, 3.63) is 56.5 Å². The van der Waals surface area contributed by atoms with Gasteiger partial charge in [0.25, 0.3) is 11.1 Å². The molecule has 3 rings (SSSR count). The predicted molar refractivity (Wildman–Crippen MR) is 121 cm³/mol. The number of halogens is 1. The van der Waals surface area contributed by atoms with Crippen molar-refractivity contribution >= 4 is 51.6 Å². The zero-order valence-electron chi connectivity index (χ0n) is 16.0. The van der Waals surface area contributed by atoms with Gasteiger partial charge in [-0.15, -0.1) is 0 Å². The summed E-state index contributed by atoms with van der Waals surface area (Å²) in [6.45, 7) is 2.86. The van der Waals surface area contributed by atoms with Crippen molar-refractivity contribution in [1.82, 2.24) is 4.90 Å². The van der Waals surface area contributed by atoms with Gasteiger partial charge in [-0.2, -0.15) is 0 Å². The SMILES string of the molecule is CCOc1c(I)cc(/C=C2\SC(=O)N(CCOc3ccccc3)C2=O)cc1OC. The Bertz CT molecular complexity index is 932. The number of benzene rings is 2. The molecule has 0 bridgehead atoms. The van der Waals surface area contributed by atoms with Crippen molar-refractivity contribution < 1.29 is 23.8 Å². The zero-order chi connectivity index (χ0) is 20.8. The summed E-state index contributed by atoms with van der Waals surface area (Å²) >= 11 is 3.09. The summed E-state index contributed by atoms with van der Waals surface area (Å²) < 4.78 is 17.5. The highest BCUT2D eigenvalue weighted by molar-refractivity contribution is 14.1. The van der Waals surface area contributed by atoms with Crippen LogP contribution in [-0.4, -0.2) is 42.9 Å². The number of ether oxygens (including phenoxy) is 3. The normalized spacial score (nSPS) is 15.1. The minimum absolute atomic E-state index is 0.195. The molecule has 0 saturated carbocycles. The topological polar surface area (TPSA) is 65.1 Å². The fraction of sp³-hybridized carbons (Fsp3) is 0.238. The second-order valence-corrected chi connectivity index (χ2v) is 8.12. The Kier molecular flexibility index (Phi) is 7.43. The van der Waals surface area contributed by atoms with Gasteiger partial charge in [0.15, 0.2) is 11.5 Å². The lowest BCUT2D eigenvalue weighted by molar-refractivity contribution is -0.123. The third-order valence-electron chi connectivity index (χ3n) is 4.04. The van der Waals surface area contributed by atoms with Crippen LogP contribution in [0.3, 0.4) is 0 Å². The van der Waals surface area contributed by atoms with Gasteiger partial charge in [0.2, 0.25) is 0 Å². The van der Waals surface area contributed by atoms with Crippen LogP contribution in [0, 0.1) is 3.57 Å². The van der Waals surface area contributed by atoms with E-state index in [1.165, 1.54) is 4.90 Å². The molecule has 0 aromatic heterocycles. The predicted octanol–water partition coefficient (Wildman–Crippen LogP) is 4.81. The molecular formula is C21H20INO5S. The molecule has 0 unspecified atom stereocenters. The van der Waals surface area contributed by atoms with E-state index in [-0.39, 0.29) is 24.3 Å². The average molecular weight is 525 g/mol. The van der Waals surface area contributed by atoms with Gasteiger partial charge in [0.1, 0.15) is 12.4 Å². The van der Waals surface area contributed by atoms with Gasteiger partial charge >= 0.3 is 0 Å². The van der Waals surface area contributed by atoms with E-state index in [9.17, 15) is 9.59 Å². The lowest BCUT2D eigenvalue weighted by atomic mass is 10.2. The summed E-state index contributed by atoms with van der Waals surface area (Å²) in [4.78, 5) is 26.5. The quantitative estimate of drug-likeness (QED) is 0.364. The van der Waals surface area contributed by atoms with Crippen molar-refractivity contribution in [3.63, 3.8) is 0 Å². The van der Waals surface area contributed by atoms with Crippen LogP contribution in [0.25, 0.3) is 6.08 Å². The fourth-order valence-corrected chi connectivity index (χ4v) is 4.37. The molecule has 8 heteroatoms. The maximum absolute atomic E-state index is 12.7. The highest BCUT2D eigenvalue weighted by Crippen LogP contribution is 2.37. The number of carbonyl (C=O) groups is 2. The summed E-state index contributed by atoms with van der Waals surface area (Å²) in [7, 11) is 1.57. The number of rotatable bonds is 8. The third kappa shape index (κ3) is 5.24. The molecule has 1 heterocycles. The van der Waals surface area contributed by atoms with Gasteiger partial charge in [-0.1, -0.05) is 18.2 Å². The van der Waals surface area contributed by atoms with E-state index in [2.05, 4.69) is 22.6 Å². The number of hydrogen-bond donors (Lipinski definition) is 0. The van der Waals surface area contributed by atoms with Crippen LogP contribution in [-0.2, 0) is 4.79 Å². The Balaban J connectivity index is 1.71. The Morgan fingerprint density at radius 3 is 2.59 bits per heavy atom. The lowest BCUT2D eigenvalue weighted by Gasteiger charge is -2.13. The van der Waals surface area contributed by atoms with Gasteiger partial charge in [-0.05, 0) is 77.2 Å². The molecule has 1 aliphatic heterocycles. The Morgan fingerprint density at radius 2 is 1.90 bits per heavy atom. The maximum atomic E-state index is 12.7. The summed E-state index contributed by atoms with van der Waals surface area (Å²) in [5.41, 5.74) is 0.765. The molecule has 0 aliphatic carbocycles. The van der Waals surface area contributed by atoms with Crippen LogP contribution in [0.2, 0.25) is 0 Å². The number of para-hydroxylation sites is 1. The maximum Gasteiger partial charge on any atom is 0.293 e. The zero-order valence-corrected chi connectivity index (χ0v) is 19.0. The number of nitrogens with zero attached hydrogens (tertiary/aromatic N) is 1. The largest absolute Gasteiger partial charge is 0.493 e. The van der Waals surface area contributed by atoms with Crippen molar-refractivity contribution in [3.8, 4) is 17.2 Å². The highest BCUT2D eigenvalue weighted by atomic mass is 127. The molecule has 1 saturated heterocycles. The fourth-order valence-electron chi connectivity index (χ4n) is 2.72. The van der Waals surface area contributed by atoms with E-state index >= 15 is 0 Å². The standard InChI is InChI=1S/C21H20INO5S/c1-3-27-19-16(22)11-14(12-17(19)26-2)13-18-20(24)23(21(25)29-18)9-10-28-15-7-5-4-6-8-15/h4-8,11-13H,3,9-10H2,1-2H3/b18-13-. The van der Waals surface area contributed by atoms with Crippen molar-refractivity contribution in [2.45, 2.75) is 6.92 Å². The number of carbonyl (C=O) groups excluding carboxylic acids is 2. The van der Waals surface area contributed by atoms with Gasteiger partial charge in [-0.3, -0.25) is 14.5 Å². The summed E-state index contributed by atoms with van der Waals surface area (Å²) in [6, 6.07) is 13.0. The molecule has 1 fully saturated rings. The van der Waals surface area contributed by atoms with E-state index < -0.39 is 0 Å². The van der Waals surface area contributed by atoms with Gasteiger partial charge < -0.3 is 14.2 Å². The summed E-state index contributed by atoms with van der Waals surface area (Å²) in [5, 5.41) is -0.300. The van der Waals surface area contributed by atoms with Gasteiger partial charge in [-0.25, -0.2) is 0 Å². The first kappa shape index (κ1) is 21.5. The molecule has 2 aromatic carbocycles. The van der Waals surface area contributed by atoms with E-state index in [1.54, 1.807) is 19.3 Å². The number of thioether (sulfide) groups is 1. The van der Waals surface area contributed by atoms with Gasteiger partial charge in [0, 0.05) is 0 Å². The molecule has 6 nitrogen and oxygen atoms in total.